The van der Waals surface area contributed by atoms with Gasteiger partial charge in [-0.1, -0.05) is 42.5 Å². The quantitative estimate of drug-likeness (QED) is 0.256. The summed E-state index contributed by atoms with van der Waals surface area (Å²) in [4.78, 5) is 13.6. The maximum absolute atomic E-state index is 13.6. The Hall–Kier alpha value is -3.29. The van der Waals surface area contributed by atoms with E-state index in [-0.39, 0.29) is 23.1 Å². The fourth-order valence-corrected chi connectivity index (χ4v) is 5.78. The van der Waals surface area contributed by atoms with Crippen LogP contribution in [0.3, 0.4) is 0 Å². The first-order valence-corrected chi connectivity index (χ1v) is 12.9. The number of benzene rings is 3. The van der Waals surface area contributed by atoms with Gasteiger partial charge in [-0.15, -0.1) is 0 Å². The SMILES string of the molecule is O=C(O[C@H]1C[N+]2(CCCOc3ccccc3)CCC1CC2)C(O)(c1ccc(F)cc1)c1ccc(F)cc1. The van der Waals surface area contributed by atoms with Crippen molar-refractivity contribution in [2.24, 2.45) is 5.92 Å². The minimum Gasteiger partial charge on any atom is -0.493 e. The Balaban J connectivity index is 1.29. The van der Waals surface area contributed by atoms with Gasteiger partial charge in [0.1, 0.15) is 23.9 Å². The van der Waals surface area contributed by atoms with Crippen molar-refractivity contribution in [2.45, 2.75) is 31.0 Å². The molecule has 7 heteroatoms. The highest BCUT2D eigenvalue weighted by atomic mass is 19.1. The summed E-state index contributed by atoms with van der Waals surface area (Å²) < 4.78 is 40.0. The fourth-order valence-electron chi connectivity index (χ4n) is 5.78. The molecule has 3 fully saturated rings. The molecule has 0 radical (unpaired) electrons. The number of hydrogen-bond acceptors (Lipinski definition) is 4. The highest BCUT2D eigenvalue weighted by Crippen LogP contribution is 2.38. The summed E-state index contributed by atoms with van der Waals surface area (Å²) in [6, 6.07) is 19.9. The standard InChI is InChI=1S/C30H32F2NO4/c31-25-11-7-23(8-12-25)30(35,24-9-13-26(32)14-10-24)29(34)37-28-21-33(18-15-22(28)16-19-33)17-4-20-36-27-5-2-1-3-6-27/h1-3,5-14,22,28,35H,4,15-21H2/q+1/t22?,28-,33?/m0/s1. The molecule has 6 rings (SSSR count). The molecule has 2 bridgehead atoms. The zero-order valence-corrected chi connectivity index (χ0v) is 20.7. The smallest absolute Gasteiger partial charge is 0.348 e. The molecule has 1 atom stereocenters. The van der Waals surface area contributed by atoms with Crippen LogP contribution in [-0.4, -0.2) is 54.4 Å². The largest absolute Gasteiger partial charge is 0.493 e. The van der Waals surface area contributed by atoms with Crippen LogP contribution in [0.5, 0.6) is 5.75 Å². The van der Waals surface area contributed by atoms with E-state index >= 15 is 0 Å². The lowest BCUT2D eigenvalue weighted by Gasteiger charge is -2.52. The molecule has 3 aromatic carbocycles. The first kappa shape index (κ1) is 25.4. The molecule has 37 heavy (non-hydrogen) atoms. The van der Waals surface area contributed by atoms with Crippen LogP contribution >= 0.6 is 0 Å². The molecular weight excluding hydrogens is 476 g/mol. The van der Waals surface area contributed by atoms with Crippen LogP contribution in [0.25, 0.3) is 0 Å². The number of rotatable bonds is 9. The van der Waals surface area contributed by atoms with Crippen molar-refractivity contribution in [1.29, 1.82) is 0 Å². The van der Waals surface area contributed by atoms with E-state index in [1.54, 1.807) is 0 Å². The van der Waals surface area contributed by atoms with E-state index in [9.17, 15) is 18.7 Å². The van der Waals surface area contributed by atoms with Crippen molar-refractivity contribution in [1.82, 2.24) is 0 Å². The van der Waals surface area contributed by atoms with E-state index in [4.69, 9.17) is 9.47 Å². The molecule has 3 aromatic rings. The molecule has 5 nitrogen and oxygen atoms in total. The second kappa shape index (κ2) is 10.6. The summed E-state index contributed by atoms with van der Waals surface area (Å²) in [5.74, 6) is -0.713. The number of hydrogen-bond donors (Lipinski definition) is 1. The zero-order chi connectivity index (χ0) is 25.9. The highest BCUT2D eigenvalue weighted by molar-refractivity contribution is 5.85. The highest BCUT2D eigenvalue weighted by Gasteiger charge is 2.50. The van der Waals surface area contributed by atoms with Crippen molar-refractivity contribution in [3.05, 3.63) is 102 Å². The third kappa shape index (κ3) is 5.38. The van der Waals surface area contributed by atoms with Crippen LogP contribution in [0.1, 0.15) is 30.4 Å². The van der Waals surface area contributed by atoms with E-state index in [2.05, 4.69) is 0 Å². The number of piperidine rings is 3. The third-order valence-corrected chi connectivity index (χ3v) is 7.91. The lowest BCUT2D eigenvalue weighted by molar-refractivity contribution is -0.946. The number of nitrogens with zero attached hydrogens (tertiary/aromatic N) is 1. The normalized spacial score (nSPS) is 23.0. The molecule has 0 amide bonds. The molecular formula is C30H32F2NO4+. The number of carbonyl (C=O) groups is 1. The van der Waals surface area contributed by atoms with Crippen molar-refractivity contribution in [3.8, 4) is 5.75 Å². The van der Waals surface area contributed by atoms with Gasteiger partial charge in [0.05, 0.1) is 26.2 Å². The maximum atomic E-state index is 13.6. The Kier molecular flexibility index (Phi) is 7.26. The lowest BCUT2D eigenvalue weighted by Crippen LogP contribution is -2.65. The van der Waals surface area contributed by atoms with Crippen molar-refractivity contribution in [2.75, 3.05) is 32.8 Å². The number of carbonyl (C=O) groups excluding carboxylic acids is 1. The Morgan fingerprint density at radius 1 is 0.892 bits per heavy atom. The first-order valence-electron chi connectivity index (χ1n) is 12.9. The van der Waals surface area contributed by atoms with Crippen LogP contribution in [0.15, 0.2) is 78.9 Å². The molecule has 194 valence electrons. The van der Waals surface area contributed by atoms with Crippen molar-refractivity contribution >= 4 is 5.97 Å². The Bertz CT molecular complexity index is 1150. The summed E-state index contributed by atoms with van der Waals surface area (Å²) in [7, 11) is 0. The second-order valence-corrected chi connectivity index (χ2v) is 10.2. The molecule has 3 aliphatic heterocycles. The first-order chi connectivity index (χ1) is 17.9. The minimum absolute atomic E-state index is 0.175. The Morgan fingerprint density at radius 3 is 2.03 bits per heavy atom. The van der Waals surface area contributed by atoms with Gasteiger partial charge in [0.25, 0.3) is 0 Å². The summed E-state index contributed by atoms with van der Waals surface area (Å²) in [5.41, 5.74) is -1.83. The van der Waals surface area contributed by atoms with Crippen LogP contribution in [-0.2, 0) is 15.1 Å². The van der Waals surface area contributed by atoms with E-state index in [0.29, 0.717) is 13.2 Å². The van der Waals surface area contributed by atoms with E-state index in [1.807, 2.05) is 30.3 Å². The summed E-state index contributed by atoms with van der Waals surface area (Å²) in [5, 5.41) is 11.7. The summed E-state index contributed by atoms with van der Waals surface area (Å²) in [6.45, 7) is 4.29. The van der Waals surface area contributed by atoms with Gasteiger partial charge in [-0.2, -0.15) is 0 Å². The average molecular weight is 509 g/mol. The van der Waals surface area contributed by atoms with Crippen LogP contribution in [0, 0.1) is 17.6 Å². The molecule has 0 aliphatic carbocycles. The van der Waals surface area contributed by atoms with Gasteiger partial charge in [0.15, 0.2) is 6.10 Å². The van der Waals surface area contributed by atoms with Crippen LogP contribution < -0.4 is 4.74 Å². The van der Waals surface area contributed by atoms with Gasteiger partial charge in [-0.3, -0.25) is 0 Å². The molecule has 3 aliphatic rings. The van der Waals surface area contributed by atoms with Gasteiger partial charge in [-0.25, -0.2) is 13.6 Å². The molecule has 0 aromatic heterocycles. The van der Waals surface area contributed by atoms with E-state index < -0.39 is 23.2 Å². The summed E-state index contributed by atoms with van der Waals surface area (Å²) >= 11 is 0. The molecule has 3 heterocycles. The van der Waals surface area contributed by atoms with Crippen LogP contribution in [0.4, 0.5) is 8.78 Å². The number of fused-ring (bicyclic) bond motifs is 3. The van der Waals surface area contributed by atoms with Crippen molar-refractivity contribution in [3.63, 3.8) is 0 Å². The summed E-state index contributed by atoms with van der Waals surface area (Å²) in [6.07, 6.45) is 2.44. The fraction of sp³-hybridized carbons (Fsp3) is 0.367. The number of quaternary nitrogens is 1. The average Bonchev–Trinajstić information content (AvgIpc) is 2.93. The molecule has 0 saturated carbocycles. The van der Waals surface area contributed by atoms with Crippen LogP contribution in [0.2, 0.25) is 0 Å². The van der Waals surface area contributed by atoms with E-state index in [0.717, 1.165) is 49.1 Å². The number of ether oxygens (including phenoxy) is 2. The predicted octanol–water partition coefficient (Wildman–Crippen LogP) is 4.82. The Morgan fingerprint density at radius 2 is 1.46 bits per heavy atom. The van der Waals surface area contributed by atoms with Gasteiger partial charge in [0.2, 0.25) is 5.60 Å². The minimum atomic E-state index is -2.18. The topological polar surface area (TPSA) is 55.8 Å². The monoisotopic (exact) mass is 508 g/mol. The molecule has 0 spiro atoms. The number of para-hydroxylation sites is 1. The predicted molar refractivity (Wildman–Crippen MR) is 135 cm³/mol. The number of aliphatic hydroxyl groups is 1. The van der Waals surface area contributed by atoms with Gasteiger partial charge in [-0.05, 0) is 47.5 Å². The van der Waals surface area contributed by atoms with Gasteiger partial charge < -0.3 is 19.1 Å². The second-order valence-electron chi connectivity index (χ2n) is 10.2. The maximum Gasteiger partial charge on any atom is 0.348 e. The molecule has 1 N–H and O–H groups in total. The van der Waals surface area contributed by atoms with Gasteiger partial charge in [0, 0.05) is 25.2 Å². The van der Waals surface area contributed by atoms with E-state index in [1.165, 1.54) is 48.5 Å². The number of halogens is 2. The van der Waals surface area contributed by atoms with Gasteiger partial charge >= 0.3 is 5.97 Å². The molecule has 3 saturated heterocycles. The Labute approximate surface area is 215 Å². The lowest BCUT2D eigenvalue weighted by atomic mass is 9.82. The zero-order valence-electron chi connectivity index (χ0n) is 20.7. The van der Waals surface area contributed by atoms with Crippen molar-refractivity contribution < 1.29 is 32.6 Å². The molecule has 0 unspecified atom stereocenters. The number of esters is 1. The third-order valence-electron chi connectivity index (χ3n) is 7.91.